The van der Waals surface area contributed by atoms with Crippen LogP contribution in [-0.4, -0.2) is 36.3 Å². The highest BCUT2D eigenvalue weighted by molar-refractivity contribution is 5.42. The number of aryl methyl sites for hydroxylation is 1. The van der Waals surface area contributed by atoms with Crippen LogP contribution >= 0.6 is 0 Å². The van der Waals surface area contributed by atoms with Gasteiger partial charge in [0, 0.05) is 38.1 Å². The summed E-state index contributed by atoms with van der Waals surface area (Å²) >= 11 is 0. The number of ether oxygens (including phenoxy) is 1. The average molecular weight is 264 g/mol. The SMILES string of the molecule is COCCCNc1cc(C)nc(NC2CCCC2)n1. The molecule has 19 heavy (non-hydrogen) atoms. The monoisotopic (exact) mass is 264 g/mol. The van der Waals surface area contributed by atoms with Crippen molar-refractivity contribution in [1.82, 2.24) is 9.97 Å². The van der Waals surface area contributed by atoms with Gasteiger partial charge < -0.3 is 15.4 Å². The van der Waals surface area contributed by atoms with E-state index < -0.39 is 0 Å². The third-order valence-corrected chi connectivity index (χ3v) is 3.37. The lowest BCUT2D eigenvalue weighted by Crippen LogP contribution is -2.17. The van der Waals surface area contributed by atoms with Crippen molar-refractivity contribution in [3.63, 3.8) is 0 Å². The summed E-state index contributed by atoms with van der Waals surface area (Å²) in [4.78, 5) is 8.98. The van der Waals surface area contributed by atoms with Crippen molar-refractivity contribution in [3.8, 4) is 0 Å². The van der Waals surface area contributed by atoms with Crippen LogP contribution in [0.5, 0.6) is 0 Å². The van der Waals surface area contributed by atoms with Gasteiger partial charge in [-0.25, -0.2) is 4.98 Å². The van der Waals surface area contributed by atoms with E-state index in [1.54, 1.807) is 7.11 Å². The first-order valence-electron chi connectivity index (χ1n) is 7.13. The normalized spacial score (nSPS) is 15.7. The van der Waals surface area contributed by atoms with Crippen LogP contribution in [0.1, 0.15) is 37.8 Å². The molecule has 0 atom stereocenters. The molecule has 0 aromatic carbocycles. The predicted octanol–water partition coefficient (Wildman–Crippen LogP) is 2.59. The molecule has 1 aromatic heterocycles. The Hall–Kier alpha value is -1.36. The number of methoxy groups -OCH3 is 1. The van der Waals surface area contributed by atoms with Crippen molar-refractivity contribution in [2.45, 2.75) is 45.1 Å². The number of hydrogen-bond donors (Lipinski definition) is 2. The summed E-state index contributed by atoms with van der Waals surface area (Å²) in [6.07, 6.45) is 6.06. The maximum atomic E-state index is 5.03. The number of nitrogens with one attached hydrogen (secondary N) is 2. The lowest BCUT2D eigenvalue weighted by molar-refractivity contribution is 0.198. The first kappa shape index (κ1) is 14.1. The minimum absolute atomic E-state index is 0.545. The number of aromatic nitrogens is 2. The molecule has 2 N–H and O–H groups in total. The standard InChI is InChI=1S/C14H24N4O/c1-11-10-13(15-8-5-9-19-2)18-14(16-11)17-12-6-3-4-7-12/h10,12H,3-9H2,1-2H3,(H2,15,16,17,18). The fourth-order valence-electron chi connectivity index (χ4n) is 2.41. The summed E-state index contributed by atoms with van der Waals surface area (Å²) in [5.74, 6) is 1.64. The lowest BCUT2D eigenvalue weighted by atomic mass is 10.2. The molecule has 0 radical (unpaired) electrons. The van der Waals surface area contributed by atoms with Crippen molar-refractivity contribution in [2.75, 3.05) is 30.9 Å². The molecule has 0 amide bonds. The number of rotatable bonds is 7. The zero-order valence-electron chi connectivity index (χ0n) is 11.9. The van der Waals surface area contributed by atoms with Gasteiger partial charge in [-0.05, 0) is 26.2 Å². The smallest absolute Gasteiger partial charge is 0.225 e. The van der Waals surface area contributed by atoms with Crippen LogP contribution in [0.2, 0.25) is 0 Å². The Morgan fingerprint density at radius 3 is 2.84 bits per heavy atom. The summed E-state index contributed by atoms with van der Waals surface area (Å²) in [7, 11) is 1.72. The van der Waals surface area contributed by atoms with Gasteiger partial charge >= 0.3 is 0 Å². The summed E-state index contributed by atoms with van der Waals surface area (Å²) in [6.45, 7) is 3.64. The molecule has 1 heterocycles. The number of hydrogen-bond acceptors (Lipinski definition) is 5. The van der Waals surface area contributed by atoms with Gasteiger partial charge in [0.2, 0.25) is 5.95 Å². The average Bonchev–Trinajstić information content (AvgIpc) is 2.87. The van der Waals surface area contributed by atoms with Gasteiger partial charge in [-0.3, -0.25) is 0 Å². The molecular formula is C14H24N4O. The molecule has 0 saturated heterocycles. The predicted molar refractivity (Wildman–Crippen MR) is 77.6 cm³/mol. The molecule has 5 nitrogen and oxygen atoms in total. The van der Waals surface area contributed by atoms with Crippen molar-refractivity contribution in [3.05, 3.63) is 11.8 Å². The van der Waals surface area contributed by atoms with Crippen LogP contribution in [-0.2, 0) is 4.74 Å². The molecule has 5 heteroatoms. The third kappa shape index (κ3) is 4.67. The number of nitrogens with zero attached hydrogens (tertiary/aromatic N) is 2. The minimum atomic E-state index is 0.545. The molecule has 1 aromatic rings. The second-order valence-electron chi connectivity index (χ2n) is 5.12. The van der Waals surface area contributed by atoms with Crippen LogP contribution in [0.15, 0.2) is 6.07 Å². The Bertz CT molecular complexity index is 391. The summed E-state index contributed by atoms with van der Waals surface area (Å²) < 4.78 is 5.03. The van der Waals surface area contributed by atoms with Crippen LogP contribution in [0.25, 0.3) is 0 Å². The first-order chi connectivity index (χ1) is 9.28. The largest absolute Gasteiger partial charge is 0.385 e. The Morgan fingerprint density at radius 1 is 1.32 bits per heavy atom. The summed E-state index contributed by atoms with van der Waals surface area (Å²) in [5, 5.41) is 6.75. The van der Waals surface area contributed by atoms with Crippen molar-refractivity contribution >= 4 is 11.8 Å². The Balaban J connectivity index is 1.90. The molecule has 1 aliphatic carbocycles. The van der Waals surface area contributed by atoms with Gasteiger partial charge in [0.05, 0.1) is 0 Å². The van der Waals surface area contributed by atoms with Gasteiger partial charge in [0.25, 0.3) is 0 Å². The van der Waals surface area contributed by atoms with E-state index in [1.165, 1.54) is 25.7 Å². The van der Waals surface area contributed by atoms with Crippen LogP contribution < -0.4 is 10.6 Å². The van der Waals surface area contributed by atoms with E-state index >= 15 is 0 Å². The molecule has 1 saturated carbocycles. The molecule has 1 aliphatic rings. The minimum Gasteiger partial charge on any atom is -0.385 e. The topological polar surface area (TPSA) is 59.1 Å². The zero-order chi connectivity index (χ0) is 13.5. The Morgan fingerprint density at radius 2 is 2.11 bits per heavy atom. The molecule has 0 unspecified atom stereocenters. The molecule has 106 valence electrons. The van der Waals surface area contributed by atoms with Gasteiger partial charge in [0.1, 0.15) is 5.82 Å². The van der Waals surface area contributed by atoms with Crippen molar-refractivity contribution in [1.29, 1.82) is 0 Å². The van der Waals surface area contributed by atoms with Gasteiger partial charge in [-0.1, -0.05) is 12.8 Å². The third-order valence-electron chi connectivity index (χ3n) is 3.37. The van der Waals surface area contributed by atoms with E-state index in [1.807, 2.05) is 13.0 Å². The van der Waals surface area contributed by atoms with E-state index in [9.17, 15) is 0 Å². The fourth-order valence-corrected chi connectivity index (χ4v) is 2.41. The second-order valence-corrected chi connectivity index (χ2v) is 5.12. The maximum absolute atomic E-state index is 5.03. The van der Waals surface area contributed by atoms with E-state index in [0.29, 0.717) is 6.04 Å². The van der Waals surface area contributed by atoms with E-state index in [-0.39, 0.29) is 0 Å². The molecule has 0 aliphatic heterocycles. The van der Waals surface area contributed by atoms with Crippen molar-refractivity contribution in [2.24, 2.45) is 0 Å². The fraction of sp³-hybridized carbons (Fsp3) is 0.714. The quantitative estimate of drug-likeness (QED) is 0.741. The Labute approximate surface area is 115 Å². The van der Waals surface area contributed by atoms with E-state index in [4.69, 9.17) is 4.74 Å². The van der Waals surface area contributed by atoms with E-state index in [0.717, 1.165) is 37.0 Å². The molecule has 2 rings (SSSR count). The summed E-state index contributed by atoms with van der Waals surface area (Å²) in [5.41, 5.74) is 0.990. The molecule has 1 fully saturated rings. The van der Waals surface area contributed by atoms with Gasteiger partial charge in [0.15, 0.2) is 0 Å². The molecule has 0 bridgehead atoms. The van der Waals surface area contributed by atoms with E-state index in [2.05, 4.69) is 20.6 Å². The highest BCUT2D eigenvalue weighted by atomic mass is 16.5. The molecular weight excluding hydrogens is 240 g/mol. The lowest BCUT2D eigenvalue weighted by Gasteiger charge is -2.13. The number of anilines is 2. The zero-order valence-corrected chi connectivity index (χ0v) is 11.9. The molecule has 0 spiro atoms. The maximum Gasteiger partial charge on any atom is 0.225 e. The van der Waals surface area contributed by atoms with Crippen LogP contribution in [0, 0.1) is 6.92 Å². The second kappa shape index (κ2) is 7.28. The van der Waals surface area contributed by atoms with Crippen LogP contribution in [0.3, 0.4) is 0 Å². The first-order valence-corrected chi connectivity index (χ1v) is 7.13. The van der Waals surface area contributed by atoms with Gasteiger partial charge in [-0.2, -0.15) is 4.98 Å². The highest BCUT2D eigenvalue weighted by Gasteiger charge is 2.15. The Kier molecular flexibility index (Phi) is 5.39. The highest BCUT2D eigenvalue weighted by Crippen LogP contribution is 2.21. The summed E-state index contributed by atoms with van der Waals surface area (Å²) in [6, 6.07) is 2.52. The van der Waals surface area contributed by atoms with Crippen LogP contribution in [0.4, 0.5) is 11.8 Å². The van der Waals surface area contributed by atoms with Gasteiger partial charge in [-0.15, -0.1) is 0 Å². The van der Waals surface area contributed by atoms with Crippen molar-refractivity contribution < 1.29 is 4.74 Å².